The maximum Gasteiger partial charge on any atom is 0.209 e. The molecule has 0 bridgehead atoms. The van der Waals surface area contributed by atoms with Crippen molar-refractivity contribution in [2.45, 2.75) is 6.42 Å². The minimum absolute atomic E-state index is 0.204. The number of anilines is 2. The molecule has 0 aliphatic heterocycles. The van der Waals surface area contributed by atoms with E-state index in [0.717, 1.165) is 11.6 Å². The van der Waals surface area contributed by atoms with E-state index in [1.165, 1.54) is 0 Å². The summed E-state index contributed by atoms with van der Waals surface area (Å²) in [6, 6.07) is 9.90. The molecule has 0 radical (unpaired) electrons. The highest BCUT2D eigenvalue weighted by atomic mass is 16.4. The van der Waals surface area contributed by atoms with Gasteiger partial charge in [0.15, 0.2) is 0 Å². The highest BCUT2D eigenvalue weighted by Crippen LogP contribution is 2.23. The number of nitrogens with two attached hydrogens (primary N) is 1. The standard InChI is InChI=1S/C13H17N5O/c1-17-10-8-15-13(17)18(9-7-12(14)16-19)11-5-3-2-4-6-11/h2-6,8,10,19H,7,9H2,1H3,(H2,14,16). The molecule has 0 saturated heterocycles. The molecule has 6 heteroatoms. The molecule has 1 heterocycles. The van der Waals surface area contributed by atoms with Gasteiger partial charge in [0, 0.05) is 38.1 Å². The fourth-order valence-electron chi connectivity index (χ4n) is 1.85. The third-order valence-corrected chi connectivity index (χ3v) is 2.83. The second-order valence-electron chi connectivity index (χ2n) is 4.17. The van der Waals surface area contributed by atoms with Gasteiger partial charge in [0.25, 0.3) is 0 Å². The molecule has 3 N–H and O–H groups in total. The van der Waals surface area contributed by atoms with Gasteiger partial charge in [-0.15, -0.1) is 0 Å². The van der Waals surface area contributed by atoms with E-state index in [2.05, 4.69) is 10.1 Å². The van der Waals surface area contributed by atoms with Gasteiger partial charge >= 0.3 is 0 Å². The second-order valence-corrected chi connectivity index (χ2v) is 4.17. The number of benzene rings is 1. The predicted octanol–water partition coefficient (Wildman–Crippen LogP) is 1.69. The monoisotopic (exact) mass is 259 g/mol. The Bertz CT molecular complexity index is 549. The zero-order valence-electron chi connectivity index (χ0n) is 10.8. The fraction of sp³-hybridized carbons (Fsp3) is 0.231. The molecule has 0 aliphatic rings. The maximum absolute atomic E-state index is 8.63. The van der Waals surface area contributed by atoms with E-state index >= 15 is 0 Å². The summed E-state index contributed by atoms with van der Waals surface area (Å²) in [6.45, 7) is 0.588. The summed E-state index contributed by atoms with van der Waals surface area (Å²) in [5.41, 5.74) is 6.55. The Hall–Kier alpha value is -2.50. The highest BCUT2D eigenvalue weighted by Gasteiger charge is 2.13. The van der Waals surface area contributed by atoms with Crippen molar-refractivity contribution in [3.63, 3.8) is 0 Å². The summed E-state index contributed by atoms with van der Waals surface area (Å²) in [5, 5.41) is 11.6. The number of hydrogen-bond donors (Lipinski definition) is 2. The summed E-state index contributed by atoms with van der Waals surface area (Å²) in [7, 11) is 1.93. The lowest BCUT2D eigenvalue weighted by Gasteiger charge is -2.23. The molecule has 1 aromatic carbocycles. The molecule has 100 valence electrons. The maximum atomic E-state index is 8.63. The fourth-order valence-corrected chi connectivity index (χ4v) is 1.85. The zero-order valence-corrected chi connectivity index (χ0v) is 10.8. The lowest BCUT2D eigenvalue weighted by Crippen LogP contribution is -2.26. The van der Waals surface area contributed by atoms with Crippen molar-refractivity contribution in [2.24, 2.45) is 17.9 Å². The Kier molecular flexibility index (Phi) is 4.02. The quantitative estimate of drug-likeness (QED) is 0.370. The van der Waals surface area contributed by atoms with Crippen LogP contribution in [0.1, 0.15) is 6.42 Å². The number of imidazole rings is 1. The molecule has 0 amide bonds. The molecular weight excluding hydrogens is 242 g/mol. The Balaban J connectivity index is 2.27. The van der Waals surface area contributed by atoms with Gasteiger partial charge in [-0.05, 0) is 12.1 Å². The molecule has 0 aliphatic carbocycles. The first kappa shape index (κ1) is 12.9. The predicted molar refractivity (Wildman–Crippen MR) is 74.7 cm³/mol. The molecule has 0 fully saturated rings. The van der Waals surface area contributed by atoms with Gasteiger partial charge in [0.1, 0.15) is 5.84 Å². The van der Waals surface area contributed by atoms with E-state index in [1.54, 1.807) is 6.20 Å². The average molecular weight is 259 g/mol. The topological polar surface area (TPSA) is 79.7 Å². The number of aromatic nitrogens is 2. The summed E-state index contributed by atoms with van der Waals surface area (Å²) in [4.78, 5) is 6.37. The Morgan fingerprint density at radius 3 is 2.74 bits per heavy atom. The number of rotatable bonds is 5. The van der Waals surface area contributed by atoms with Crippen molar-refractivity contribution in [1.82, 2.24) is 9.55 Å². The first-order chi connectivity index (χ1) is 9.22. The van der Waals surface area contributed by atoms with Gasteiger partial charge in [0.2, 0.25) is 5.95 Å². The van der Waals surface area contributed by atoms with Crippen LogP contribution in [-0.2, 0) is 7.05 Å². The molecule has 2 rings (SSSR count). The number of amidine groups is 1. The van der Waals surface area contributed by atoms with Crippen LogP contribution in [0.5, 0.6) is 0 Å². The van der Waals surface area contributed by atoms with E-state index in [4.69, 9.17) is 10.9 Å². The third kappa shape index (κ3) is 3.04. The van der Waals surface area contributed by atoms with Crippen LogP contribution in [0.2, 0.25) is 0 Å². The largest absolute Gasteiger partial charge is 0.409 e. The van der Waals surface area contributed by atoms with Crippen LogP contribution in [0.25, 0.3) is 0 Å². The van der Waals surface area contributed by atoms with E-state index in [-0.39, 0.29) is 5.84 Å². The van der Waals surface area contributed by atoms with Crippen LogP contribution < -0.4 is 10.6 Å². The van der Waals surface area contributed by atoms with Crippen LogP contribution in [-0.4, -0.2) is 27.1 Å². The number of nitrogens with zero attached hydrogens (tertiary/aromatic N) is 4. The van der Waals surface area contributed by atoms with E-state index < -0.39 is 0 Å². The van der Waals surface area contributed by atoms with Crippen molar-refractivity contribution in [3.8, 4) is 0 Å². The number of para-hydroxylation sites is 1. The SMILES string of the molecule is Cn1ccnc1N(CCC(N)=NO)c1ccccc1. The van der Waals surface area contributed by atoms with Crippen LogP contribution in [0, 0.1) is 0 Å². The first-order valence-corrected chi connectivity index (χ1v) is 5.98. The normalized spacial score (nSPS) is 11.5. The third-order valence-electron chi connectivity index (χ3n) is 2.83. The minimum atomic E-state index is 0.204. The number of hydrogen-bond acceptors (Lipinski definition) is 4. The summed E-state index contributed by atoms with van der Waals surface area (Å²) in [6.07, 6.45) is 4.09. The van der Waals surface area contributed by atoms with Gasteiger partial charge in [-0.3, -0.25) is 0 Å². The van der Waals surface area contributed by atoms with Crippen LogP contribution in [0.15, 0.2) is 47.9 Å². The first-order valence-electron chi connectivity index (χ1n) is 5.98. The van der Waals surface area contributed by atoms with Gasteiger partial charge in [-0.25, -0.2) is 4.98 Å². The van der Waals surface area contributed by atoms with Gasteiger partial charge in [-0.1, -0.05) is 23.4 Å². The molecule has 0 spiro atoms. The lowest BCUT2D eigenvalue weighted by atomic mass is 10.2. The van der Waals surface area contributed by atoms with Gasteiger partial charge in [0.05, 0.1) is 0 Å². The molecule has 0 atom stereocenters. The molecule has 19 heavy (non-hydrogen) atoms. The Morgan fingerprint density at radius 2 is 2.16 bits per heavy atom. The van der Waals surface area contributed by atoms with Crippen molar-refractivity contribution in [1.29, 1.82) is 0 Å². The molecule has 6 nitrogen and oxygen atoms in total. The number of oxime groups is 1. The van der Waals surface area contributed by atoms with Crippen LogP contribution in [0.4, 0.5) is 11.6 Å². The van der Waals surface area contributed by atoms with Crippen molar-refractivity contribution >= 4 is 17.5 Å². The van der Waals surface area contributed by atoms with Crippen LogP contribution in [0.3, 0.4) is 0 Å². The summed E-state index contributed by atoms with van der Waals surface area (Å²) >= 11 is 0. The van der Waals surface area contributed by atoms with E-state index in [0.29, 0.717) is 13.0 Å². The van der Waals surface area contributed by atoms with Gasteiger partial charge in [-0.2, -0.15) is 0 Å². The minimum Gasteiger partial charge on any atom is -0.409 e. The highest BCUT2D eigenvalue weighted by molar-refractivity contribution is 5.80. The molecule has 0 unspecified atom stereocenters. The average Bonchev–Trinajstić information content (AvgIpc) is 2.86. The number of aryl methyl sites for hydroxylation is 1. The summed E-state index contributed by atoms with van der Waals surface area (Å²) in [5.74, 6) is 1.02. The molecular formula is C13H17N5O. The molecule has 1 aromatic heterocycles. The lowest BCUT2D eigenvalue weighted by molar-refractivity contribution is 0.317. The smallest absolute Gasteiger partial charge is 0.209 e. The van der Waals surface area contributed by atoms with Gasteiger partial charge < -0.3 is 20.4 Å². The van der Waals surface area contributed by atoms with Crippen molar-refractivity contribution in [2.75, 3.05) is 11.4 Å². The van der Waals surface area contributed by atoms with Crippen molar-refractivity contribution in [3.05, 3.63) is 42.7 Å². The Morgan fingerprint density at radius 1 is 1.42 bits per heavy atom. The van der Waals surface area contributed by atoms with Crippen LogP contribution >= 0.6 is 0 Å². The zero-order chi connectivity index (χ0) is 13.7. The second kappa shape index (κ2) is 5.90. The van der Waals surface area contributed by atoms with E-state index in [9.17, 15) is 0 Å². The van der Waals surface area contributed by atoms with Crippen molar-refractivity contribution < 1.29 is 5.21 Å². The molecule has 0 saturated carbocycles. The Labute approximate surface area is 111 Å². The van der Waals surface area contributed by atoms with E-state index in [1.807, 2.05) is 53.0 Å². The molecule has 2 aromatic rings. The summed E-state index contributed by atoms with van der Waals surface area (Å²) < 4.78 is 1.93.